The van der Waals surface area contributed by atoms with Crippen LogP contribution in [0.2, 0.25) is 5.02 Å². The van der Waals surface area contributed by atoms with Gasteiger partial charge in [-0.1, -0.05) is 11.6 Å². The standard InChI is InChI=1S/C11H12ClN3/c1-7-9-4-8(12)5-14-11(9)15-3-2-13-6-10(7)15/h4-5,13H,2-3,6H2,1H3. The molecule has 3 nitrogen and oxygen atoms in total. The molecule has 15 heavy (non-hydrogen) atoms. The van der Waals surface area contributed by atoms with E-state index in [-0.39, 0.29) is 0 Å². The summed E-state index contributed by atoms with van der Waals surface area (Å²) in [7, 11) is 0. The average molecular weight is 222 g/mol. The van der Waals surface area contributed by atoms with E-state index in [1.165, 1.54) is 16.6 Å². The van der Waals surface area contributed by atoms with Gasteiger partial charge in [0.15, 0.2) is 0 Å². The van der Waals surface area contributed by atoms with Gasteiger partial charge in [-0.3, -0.25) is 0 Å². The number of nitrogens with one attached hydrogen (secondary N) is 1. The molecule has 1 aliphatic heterocycles. The molecule has 1 N–H and O–H groups in total. The van der Waals surface area contributed by atoms with Crippen molar-refractivity contribution in [2.75, 3.05) is 6.54 Å². The molecule has 0 bridgehead atoms. The molecule has 1 aliphatic rings. The summed E-state index contributed by atoms with van der Waals surface area (Å²) >= 11 is 5.97. The number of nitrogens with zero attached hydrogens (tertiary/aromatic N) is 2. The number of fused-ring (bicyclic) bond motifs is 3. The van der Waals surface area contributed by atoms with E-state index in [1.807, 2.05) is 6.07 Å². The van der Waals surface area contributed by atoms with Crippen LogP contribution < -0.4 is 5.32 Å². The van der Waals surface area contributed by atoms with Gasteiger partial charge in [-0.25, -0.2) is 4.98 Å². The van der Waals surface area contributed by atoms with Crippen molar-refractivity contribution in [3.05, 3.63) is 28.5 Å². The van der Waals surface area contributed by atoms with Gasteiger partial charge in [-0.2, -0.15) is 0 Å². The van der Waals surface area contributed by atoms with E-state index in [2.05, 4.69) is 21.8 Å². The van der Waals surface area contributed by atoms with E-state index in [4.69, 9.17) is 11.6 Å². The normalized spacial score (nSPS) is 15.6. The molecule has 0 spiro atoms. The fraction of sp³-hybridized carbons (Fsp3) is 0.364. The van der Waals surface area contributed by atoms with Gasteiger partial charge >= 0.3 is 0 Å². The molecule has 0 saturated heterocycles. The fourth-order valence-corrected chi connectivity index (χ4v) is 2.43. The summed E-state index contributed by atoms with van der Waals surface area (Å²) < 4.78 is 2.29. The maximum absolute atomic E-state index is 5.97. The number of rotatable bonds is 0. The Morgan fingerprint density at radius 2 is 2.40 bits per heavy atom. The van der Waals surface area contributed by atoms with Crippen molar-refractivity contribution >= 4 is 22.6 Å². The second kappa shape index (κ2) is 3.22. The smallest absolute Gasteiger partial charge is 0.140 e. The third kappa shape index (κ3) is 1.27. The second-order valence-corrected chi connectivity index (χ2v) is 4.36. The summed E-state index contributed by atoms with van der Waals surface area (Å²) in [6, 6.07) is 2.00. The van der Waals surface area contributed by atoms with Gasteiger partial charge in [-0.15, -0.1) is 0 Å². The molecule has 2 aromatic heterocycles. The molecule has 78 valence electrons. The molecule has 3 heterocycles. The fourth-order valence-electron chi connectivity index (χ4n) is 2.28. The number of pyridine rings is 1. The van der Waals surface area contributed by atoms with Gasteiger partial charge in [0.1, 0.15) is 5.65 Å². The van der Waals surface area contributed by atoms with E-state index in [1.54, 1.807) is 6.20 Å². The highest BCUT2D eigenvalue weighted by Gasteiger charge is 2.17. The molecule has 0 aliphatic carbocycles. The summed E-state index contributed by atoms with van der Waals surface area (Å²) in [5.41, 5.74) is 3.70. The molecular formula is C11H12ClN3. The topological polar surface area (TPSA) is 29.9 Å². The van der Waals surface area contributed by atoms with Gasteiger partial charge in [0.2, 0.25) is 0 Å². The lowest BCUT2D eigenvalue weighted by atomic mass is 10.2. The highest BCUT2D eigenvalue weighted by molar-refractivity contribution is 6.31. The van der Waals surface area contributed by atoms with Crippen molar-refractivity contribution < 1.29 is 0 Å². The Kier molecular flexibility index (Phi) is 1.97. The molecule has 0 aromatic carbocycles. The predicted molar refractivity (Wildman–Crippen MR) is 61.2 cm³/mol. The zero-order valence-corrected chi connectivity index (χ0v) is 9.30. The van der Waals surface area contributed by atoms with E-state index < -0.39 is 0 Å². The highest BCUT2D eigenvalue weighted by Crippen LogP contribution is 2.27. The quantitative estimate of drug-likeness (QED) is 0.739. The average Bonchev–Trinajstić information content (AvgIpc) is 2.54. The van der Waals surface area contributed by atoms with Crippen molar-refractivity contribution in [1.29, 1.82) is 0 Å². The van der Waals surface area contributed by atoms with Crippen LogP contribution in [-0.4, -0.2) is 16.1 Å². The molecule has 0 unspecified atom stereocenters. The maximum atomic E-state index is 5.97. The second-order valence-electron chi connectivity index (χ2n) is 3.92. The molecule has 0 radical (unpaired) electrons. The monoisotopic (exact) mass is 221 g/mol. The molecule has 3 rings (SSSR count). The molecule has 4 heteroatoms. The maximum Gasteiger partial charge on any atom is 0.140 e. The minimum absolute atomic E-state index is 0.710. The zero-order chi connectivity index (χ0) is 10.4. The molecule has 0 saturated carbocycles. The lowest BCUT2D eigenvalue weighted by Gasteiger charge is -2.17. The summed E-state index contributed by atoms with van der Waals surface area (Å²) in [4.78, 5) is 4.42. The minimum atomic E-state index is 0.710. The number of hydrogen-bond donors (Lipinski definition) is 1. The van der Waals surface area contributed by atoms with Gasteiger partial charge < -0.3 is 9.88 Å². The molecular weight excluding hydrogens is 210 g/mol. The van der Waals surface area contributed by atoms with Crippen LogP contribution in [0, 0.1) is 6.92 Å². The van der Waals surface area contributed by atoms with Crippen molar-refractivity contribution in [3.63, 3.8) is 0 Å². The van der Waals surface area contributed by atoms with Gasteiger partial charge in [0.05, 0.1) is 5.02 Å². The Morgan fingerprint density at radius 3 is 3.27 bits per heavy atom. The predicted octanol–water partition coefficient (Wildman–Crippen LogP) is 2.10. The van der Waals surface area contributed by atoms with E-state index in [0.29, 0.717) is 5.02 Å². The van der Waals surface area contributed by atoms with Crippen LogP contribution in [0.5, 0.6) is 0 Å². The minimum Gasteiger partial charge on any atom is -0.327 e. The van der Waals surface area contributed by atoms with Crippen LogP contribution in [0.3, 0.4) is 0 Å². The van der Waals surface area contributed by atoms with Crippen molar-refractivity contribution in [1.82, 2.24) is 14.9 Å². The summed E-state index contributed by atoms with van der Waals surface area (Å²) in [6.45, 7) is 5.08. The SMILES string of the molecule is Cc1c2n(c3ncc(Cl)cc13)CCNC2. The summed E-state index contributed by atoms with van der Waals surface area (Å²) in [5.74, 6) is 0. The Bertz CT molecular complexity index is 530. The van der Waals surface area contributed by atoms with Crippen LogP contribution in [0.4, 0.5) is 0 Å². The summed E-state index contributed by atoms with van der Waals surface area (Å²) in [6.07, 6.45) is 1.72. The number of aromatic nitrogens is 2. The van der Waals surface area contributed by atoms with Gasteiger partial charge in [-0.05, 0) is 18.6 Å². The number of aryl methyl sites for hydroxylation is 1. The van der Waals surface area contributed by atoms with Crippen molar-refractivity contribution in [3.8, 4) is 0 Å². The third-order valence-corrected chi connectivity index (χ3v) is 3.26. The van der Waals surface area contributed by atoms with Crippen LogP contribution in [-0.2, 0) is 13.1 Å². The van der Waals surface area contributed by atoms with Crippen LogP contribution in [0.15, 0.2) is 12.3 Å². The lowest BCUT2D eigenvalue weighted by Crippen LogP contribution is -2.28. The number of hydrogen-bond acceptors (Lipinski definition) is 2. The van der Waals surface area contributed by atoms with Gasteiger partial charge in [0.25, 0.3) is 0 Å². The highest BCUT2D eigenvalue weighted by atomic mass is 35.5. The van der Waals surface area contributed by atoms with Crippen LogP contribution in [0.1, 0.15) is 11.3 Å². The van der Waals surface area contributed by atoms with E-state index in [0.717, 1.165) is 25.3 Å². The number of halogens is 1. The Morgan fingerprint density at radius 1 is 1.53 bits per heavy atom. The first kappa shape index (κ1) is 9.19. The Labute approximate surface area is 93.1 Å². The lowest BCUT2D eigenvalue weighted by molar-refractivity contribution is 0.522. The molecule has 0 amide bonds. The van der Waals surface area contributed by atoms with Gasteiger partial charge in [0, 0.05) is 36.9 Å². The van der Waals surface area contributed by atoms with Crippen molar-refractivity contribution in [2.24, 2.45) is 0 Å². The largest absolute Gasteiger partial charge is 0.327 e. The third-order valence-electron chi connectivity index (χ3n) is 3.06. The van der Waals surface area contributed by atoms with Crippen LogP contribution >= 0.6 is 11.6 Å². The molecule has 0 fully saturated rings. The Balaban J connectivity index is 2.38. The first-order valence-corrected chi connectivity index (χ1v) is 5.49. The summed E-state index contributed by atoms with van der Waals surface area (Å²) in [5, 5.41) is 5.27. The zero-order valence-electron chi connectivity index (χ0n) is 8.55. The van der Waals surface area contributed by atoms with Crippen LogP contribution in [0.25, 0.3) is 11.0 Å². The Hall–Kier alpha value is -1.06. The van der Waals surface area contributed by atoms with E-state index >= 15 is 0 Å². The molecule has 2 aromatic rings. The van der Waals surface area contributed by atoms with Crippen molar-refractivity contribution in [2.45, 2.75) is 20.0 Å². The first-order valence-electron chi connectivity index (χ1n) is 5.11. The molecule has 0 atom stereocenters. The first-order chi connectivity index (χ1) is 7.27. The van der Waals surface area contributed by atoms with E-state index in [9.17, 15) is 0 Å².